The second-order valence-electron chi connectivity index (χ2n) is 3.48. The standard InChI is InChI=1S/C11H14NS/c1-9-8-12(13-10(9)2)11-6-4-3-5-7-11/h3-10H,1-2H3/q+1. The molecule has 1 aliphatic rings. The van der Waals surface area contributed by atoms with Gasteiger partial charge in [-0.05, 0) is 6.92 Å². The number of hydrogen-bond donors (Lipinski definition) is 0. The Labute approximate surface area is 83.6 Å². The fourth-order valence-corrected chi connectivity index (χ4v) is 2.49. The van der Waals surface area contributed by atoms with Crippen LogP contribution in [0.25, 0.3) is 0 Å². The highest BCUT2D eigenvalue weighted by molar-refractivity contribution is 7.94. The Balaban J connectivity index is 2.25. The van der Waals surface area contributed by atoms with Gasteiger partial charge in [-0.15, -0.1) is 3.98 Å². The molecule has 0 aromatic heterocycles. The molecule has 0 bridgehead atoms. The van der Waals surface area contributed by atoms with E-state index in [4.69, 9.17) is 0 Å². The lowest BCUT2D eigenvalue weighted by Crippen LogP contribution is -2.03. The maximum Gasteiger partial charge on any atom is 0.218 e. The van der Waals surface area contributed by atoms with Crippen LogP contribution in [0.4, 0.5) is 5.69 Å². The van der Waals surface area contributed by atoms with E-state index in [2.05, 4.69) is 54.4 Å². The van der Waals surface area contributed by atoms with Gasteiger partial charge < -0.3 is 0 Å². The van der Waals surface area contributed by atoms with Crippen LogP contribution < -0.4 is 0 Å². The third kappa shape index (κ3) is 1.78. The first-order valence-electron chi connectivity index (χ1n) is 4.63. The highest BCUT2D eigenvalue weighted by atomic mass is 32.2. The second-order valence-corrected chi connectivity index (χ2v) is 4.83. The van der Waals surface area contributed by atoms with Gasteiger partial charge in [-0.1, -0.05) is 25.1 Å². The molecule has 0 aliphatic carbocycles. The van der Waals surface area contributed by atoms with Crippen molar-refractivity contribution in [3.8, 4) is 0 Å². The van der Waals surface area contributed by atoms with Crippen molar-refractivity contribution in [3.05, 3.63) is 30.3 Å². The highest BCUT2D eigenvalue weighted by Crippen LogP contribution is 2.31. The van der Waals surface area contributed by atoms with Crippen molar-refractivity contribution in [2.24, 2.45) is 5.92 Å². The molecule has 0 saturated carbocycles. The molecule has 68 valence electrons. The summed E-state index contributed by atoms with van der Waals surface area (Å²) in [5.41, 5.74) is 1.28. The topological polar surface area (TPSA) is 3.01 Å². The summed E-state index contributed by atoms with van der Waals surface area (Å²) >= 11 is 1.90. The Hall–Kier alpha value is -0.760. The summed E-state index contributed by atoms with van der Waals surface area (Å²) in [5, 5.41) is 0.695. The molecule has 1 aliphatic heterocycles. The zero-order valence-corrected chi connectivity index (χ0v) is 8.79. The van der Waals surface area contributed by atoms with Gasteiger partial charge in [0.15, 0.2) is 18.2 Å². The summed E-state index contributed by atoms with van der Waals surface area (Å²) in [5.74, 6) is 0.671. The zero-order valence-electron chi connectivity index (χ0n) is 7.97. The first kappa shape index (κ1) is 8.82. The summed E-state index contributed by atoms with van der Waals surface area (Å²) in [6.07, 6.45) is 2.30. The molecule has 0 amide bonds. The van der Waals surface area contributed by atoms with Gasteiger partial charge >= 0.3 is 0 Å². The molecule has 0 radical (unpaired) electrons. The number of rotatable bonds is 1. The second kappa shape index (κ2) is 3.54. The quantitative estimate of drug-likeness (QED) is 0.488. The van der Waals surface area contributed by atoms with Crippen LogP contribution in [-0.2, 0) is 0 Å². The number of nitrogens with zero attached hydrogens (tertiary/aromatic N) is 1. The molecule has 1 heterocycles. The van der Waals surface area contributed by atoms with Gasteiger partial charge in [-0.25, -0.2) is 0 Å². The summed E-state index contributed by atoms with van der Waals surface area (Å²) in [6, 6.07) is 10.5. The Morgan fingerprint density at radius 2 is 1.85 bits per heavy atom. The maximum absolute atomic E-state index is 2.30. The summed E-state index contributed by atoms with van der Waals surface area (Å²) in [6.45, 7) is 4.54. The van der Waals surface area contributed by atoms with Crippen molar-refractivity contribution < 1.29 is 3.98 Å². The lowest BCUT2D eigenvalue weighted by atomic mass is 10.1. The average Bonchev–Trinajstić information content (AvgIpc) is 2.49. The number of benzene rings is 1. The molecule has 1 nitrogen and oxygen atoms in total. The SMILES string of the molecule is CC1C=[N+](c2ccccc2)SC1C. The molecule has 2 heteroatoms. The molecule has 0 fully saturated rings. The maximum atomic E-state index is 2.30. The van der Waals surface area contributed by atoms with E-state index >= 15 is 0 Å². The van der Waals surface area contributed by atoms with Crippen LogP contribution >= 0.6 is 11.9 Å². The van der Waals surface area contributed by atoms with Crippen LogP contribution in [0.5, 0.6) is 0 Å². The van der Waals surface area contributed by atoms with Gasteiger partial charge in [0.1, 0.15) is 0 Å². The van der Waals surface area contributed by atoms with E-state index in [9.17, 15) is 0 Å². The van der Waals surface area contributed by atoms with Crippen molar-refractivity contribution >= 4 is 23.8 Å². The van der Waals surface area contributed by atoms with Crippen molar-refractivity contribution in [1.29, 1.82) is 0 Å². The van der Waals surface area contributed by atoms with E-state index in [1.807, 2.05) is 11.9 Å². The van der Waals surface area contributed by atoms with Gasteiger partial charge in [0.25, 0.3) is 0 Å². The van der Waals surface area contributed by atoms with E-state index in [1.165, 1.54) is 5.69 Å². The van der Waals surface area contributed by atoms with Crippen LogP contribution in [0.3, 0.4) is 0 Å². The molecule has 0 N–H and O–H groups in total. The summed E-state index contributed by atoms with van der Waals surface area (Å²) < 4.78 is 2.27. The Bertz CT molecular complexity index is 318. The Morgan fingerprint density at radius 1 is 1.15 bits per heavy atom. The molecule has 2 unspecified atom stereocenters. The predicted octanol–water partition coefficient (Wildman–Crippen LogP) is 3.09. The van der Waals surface area contributed by atoms with Crippen LogP contribution in [0.2, 0.25) is 0 Å². The molecule has 2 atom stereocenters. The third-order valence-electron chi connectivity index (χ3n) is 2.40. The molecule has 1 aromatic carbocycles. The van der Waals surface area contributed by atoms with E-state index < -0.39 is 0 Å². The predicted molar refractivity (Wildman–Crippen MR) is 58.6 cm³/mol. The van der Waals surface area contributed by atoms with Crippen molar-refractivity contribution in [2.45, 2.75) is 19.1 Å². The molecule has 0 saturated heterocycles. The normalized spacial score (nSPS) is 27.4. The molecule has 13 heavy (non-hydrogen) atoms. The zero-order chi connectivity index (χ0) is 9.26. The molecular weight excluding hydrogens is 178 g/mol. The largest absolute Gasteiger partial charge is 0.218 e. The lowest BCUT2D eigenvalue weighted by molar-refractivity contribution is -0.230. The van der Waals surface area contributed by atoms with Gasteiger partial charge in [-0.2, -0.15) is 0 Å². The number of para-hydroxylation sites is 1. The molecule has 2 rings (SSSR count). The van der Waals surface area contributed by atoms with Gasteiger partial charge in [0, 0.05) is 12.1 Å². The van der Waals surface area contributed by atoms with E-state index in [0.29, 0.717) is 11.2 Å². The van der Waals surface area contributed by atoms with Crippen LogP contribution in [0.1, 0.15) is 13.8 Å². The smallest absolute Gasteiger partial charge is 0.131 e. The fourth-order valence-electron chi connectivity index (χ4n) is 1.37. The van der Waals surface area contributed by atoms with Crippen molar-refractivity contribution in [2.75, 3.05) is 0 Å². The first-order chi connectivity index (χ1) is 6.27. The van der Waals surface area contributed by atoms with Crippen molar-refractivity contribution in [3.63, 3.8) is 0 Å². The van der Waals surface area contributed by atoms with Gasteiger partial charge in [0.05, 0.1) is 11.2 Å². The van der Waals surface area contributed by atoms with Crippen LogP contribution in [0.15, 0.2) is 30.3 Å². The van der Waals surface area contributed by atoms with Crippen LogP contribution in [-0.4, -0.2) is 15.4 Å². The minimum Gasteiger partial charge on any atom is -0.131 e. The summed E-state index contributed by atoms with van der Waals surface area (Å²) in [4.78, 5) is 0. The third-order valence-corrected chi connectivity index (χ3v) is 3.72. The lowest BCUT2D eigenvalue weighted by Gasteiger charge is -1.97. The van der Waals surface area contributed by atoms with E-state index in [0.717, 1.165) is 0 Å². The number of hydrogen-bond acceptors (Lipinski definition) is 1. The average molecular weight is 192 g/mol. The molecular formula is C11H14NS+. The Kier molecular flexibility index (Phi) is 2.40. The highest BCUT2D eigenvalue weighted by Gasteiger charge is 2.30. The van der Waals surface area contributed by atoms with Gasteiger partial charge in [0.2, 0.25) is 5.69 Å². The molecule has 0 spiro atoms. The minimum absolute atomic E-state index is 0.671. The first-order valence-corrected chi connectivity index (χ1v) is 5.47. The minimum atomic E-state index is 0.671. The Morgan fingerprint density at radius 3 is 2.38 bits per heavy atom. The van der Waals surface area contributed by atoms with Gasteiger partial charge in [-0.3, -0.25) is 0 Å². The van der Waals surface area contributed by atoms with Crippen molar-refractivity contribution in [1.82, 2.24) is 0 Å². The fraction of sp³-hybridized carbons (Fsp3) is 0.364. The van der Waals surface area contributed by atoms with E-state index in [-0.39, 0.29) is 0 Å². The summed E-state index contributed by atoms with van der Waals surface area (Å²) in [7, 11) is 0. The van der Waals surface area contributed by atoms with Crippen LogP contribution in [0, 0.1) is 5.92 Å². The molecule has 1 aromatic rings. The monoisotopic (exact) mass is 192 g/mol. The van der Waals surface area contributed by atoms with E-state index in [1.54, 1.807) is 0 Å².